The number of aliphatic hydroxyl groups is 1. The molecule has 2 unspecified atom stereocenters. The number of nitrogens with zero attached hydrogens (tertiary/aromatic N) is 2. The summed E-state index contributed by atoms with van der Waals surface area (Å²) in [5, 5.41) is 18.8. The van der Waals surface area contributed by atoms with E-state index in [9.17, 15) is 9.90 Å². The Labute approximate surface area is 83.9 Å². The molecule has 0 fully saturated rings. The molecule has 0 aliphatic heterocycles. The van der Waals surface area contributed by atoms with Crippen LogP contribution in [0.15, 0.2) is 0 Å². The van der Waals surface area contributed by atoms with Crippen LogP contribution in [0.3, 0.4) is 0 Å². The van der Waals surface area contributed by atoms with E-state index in [1.807, 2.05) is 25.9 Å². The summed E-state index contributed by atoms with van der Waals surface area (Å²) in [6.45, 7) is 1.85. The Morgan fingerprint density at radius 3 is 2.29 bits per heavy atom. The second-order valence-corrected chi connectivity index (χ2v) is 3.44. The Balaban J connectivity index is 4.16. The largest absolute Gasteiger partial charge is 0.464 e. The summed E-state index contributed by atoms with van der Waals surface area (Å²) >= 11 is 0. The fourth-order valence-corrected chi connectivity index (χ4v) is 1.38. The molecule has 6 heteroatoms. The van der Waals surface area contributed by atoms with Gasteiger partial charge in [-0.15, -0.1) is 0 Å². The quantitative estimate of drug-likeness (QED) is 0.321. The molecule has 14 heavy (non-hydrogen) atoms. The maximum absolute atomic E-state index is 10.4. The number of nitrogens with two attached hydrogens (primary N) is 1. The highest BCUT2D eigenvalue weighted by Crippen LogP contribution is 2.05. The monoisotopic (exact) mass is 205 g/mol. The zero-order valence-electron chi connectivity index (χ0n) is 8.84. The highest BCUT2D eigenvalue weighted by atomic mass is 16.4. The predicted molar refractivity (Wildman–Crippen MR) is 52.7 cm³/mol. The first-order valence-electron chi connectivity index (χ1n) is 4.49. The van der Waals surface area contributed by atoms with Gasteiger partial charge in [-0.25, -0.2) is 15.6 Å². The fourth-order valence-electron chi connectivity index (χ4n) is 1.38. The number of hydrogen-bond acceptors (Lipinski definition) is 4. The molecule has 0 heterocycles. The molecule has 0 saturated heterocycles. The molecule has 2 atom stereocenters. The predicted octanol–water partition coefficient (Wildman–Crippen LogP) is -0.459. The van der Waals surface area contributed by atoms with Crippen LogP contribution in [0.4, 0.5) is 4.79 Å². The molecule has 0 aromatic rings. The van der Waals surface area contributed by atoms with Crippen LogP contribution in [-0.2, 0) is 0 Å². The zero-order valence-corrected chi connectivity index (χ0v) is 8.84. The van der Waals surface area contributed by atoms with Crippen molar-refractivity contribution in [3.8, 4) is 0 Å². The van der Waals surface area contributed by atoms with E-state index >= 15 is 0 Å². The Bertz CT molecular complexity index is 187. The standard InChI is InChI=1S/C8H19N3O3/c1-4-6(10(2)3)7(12)5-11(9)8(13)14/h6-7,12H,4-5,9H2,1-3H3,(H,13,14). The number of aliphatic hydroxyl groups excluding tert-OH is 1. The van der Waals surface area contributed by atoms with Crippen LogP contribution < -0.4 is 5.84 Å². The molecule has 0 aromatic heterocycles. The second kappa shape index (κ2) is 5.79. The lowest BCUT2D eigenvalue weighted by atomic mass is 10.1. The molecule has 0 aromatic carbocycles. The number of carboxylic acid groups (broad SMARTS) is 1. The normalized spacial score (nSPS) is 15.3. The van der Waals surface area contributed by atoms with Crippen LogP contribution >= 0.6 is 0 Å². The average Bonchev–Trinajstić information content (AvgIpc) is 2.04. The van der Waals surface area contributed by atoms with E-state index in [-0.39, 0.29) is 12.6 Å². The number of likely N-dealkylation sites (N-methyl/N-ethyl adjacent to an activating group) is 1. The average molecular weight is 205 g/mol. The third kappa shape index (κ3) is 3.91. The second-order valence-electron chi connectivity index (χ2n) is 3.44. The van der Waals surface area contributed by atoms with E-state index < -0.39 is 12.2 Å². The van der Waals surface area contributed by atoms with Gasteiger partial charge < -0.3 is 15.1 Å². The molecule has 0 spiro atoms. The Hall–Kier alpha value is -0.850. The van der Waals surface area contributed by atoms with Gasteiger partial charge in [0.25, 0.3) is 0 Å². The smallest absolute Gasteiger partial charge is 0.421 e. The molecule has 0 radical (unpaired) electrons. The van der Waals surface area contributed by atoms with Gasteiger partial charge in [0, 0.05) is 6.04 Å². The highest BCUT2D eigenvalue weighted by Gasteiger charge is 2.22. The molecule has 0 aliphatic rings. The first kappa shape index (κ1) is 13.2. The summed E-state index contributed by atoms with van der Waals surface area (Å²) in [5.41, 5.74) is 0. The fraction of sp³-hybridized carbons (Fsp3) is 0.875. The van der Waals surface area contributed by atoms with Crippen molar-refractivity contribution < 1.29 is 15.0 Å². The molecule has 0 saturated carbocycles. The van der Waals surface area contributed by atoms with Gasteiger partial charge in [-0.2, -0.15) is 0 Å². The number of hydrazine groups is 1. The van der Waals surface area contributed by atoms with Crippen molar-refractivity contribution >= 4 is 6.09 Å². The summed E-state index contributed by atoms with van der Waals surface area (Å²) in [7, 11) is 3.66. The van der Waals surface area contributed by atoms with E-state index in [4.69, 9.17) is 10.9 Å². The highest BCUT2D eigenvalue weighted by molar-refractivity contribution is 5.64. The maximum Gasteiger partial charge on any atom is 0.421 e. The zero-order chi connectivity index (χ0) is 11.3. The molecule has 0 aliphatic carbocycles. The Kier molecular flexibility index (Phi) is 5.44. The molecule has 84 valence electrons. The van der Waals surface area contributed by atoms with Crippen LogP contribution in [0.5, 0.6) is 0 Å². The minimum atomic E-state index is -1.24. The van der Waals surface area contributed by atoms with Crippen molar-refractivity contribution in [1.29, 1.82) is 0 Å². The molecule has 0 rings (SSSR count). The summed E-state index contributed by atoms with van der Waals surface area (Å²) in [4.78, 5) is 12.2. The van der Waals surface area contributed by atoms with Gasteiger partial charge in [-0.3, -0.25) is 0 Å². The van der Waals surface area contributed by atoms with Gasteiger partial charge in [0.15, 0.2) is 0 Å². The van der Waals surface area contributed by atoms with Crippen molar-refractivity contribution in [1.82, 2.24) is 9.91 Å². The van der Waals surface area contributed by atoms with Gasteiger partial charge in [-0.1, -0.05) is 6.92 Å². The van der Waals surface area contributed by atoms with E-state index in [0.717, 1.165) is 6.42 Å². The molecule has 4 N–H and O–H groups in total. The lowest BCUT2D eigenvalue weighted by molar-refractivity contribution is 0.0412. The molecule has 0 bridgehead atoms. The number of carbonyl (C=O) groups is 1. The van der Waals surface area contributed by atoms with Gasteiger partial charge in [0.2, 0.25) is 0 Å². The lowest BCUT2D eigenvalue weighted by Gasteiger charge is -2.29. The van der Waals surface area contributed by atoms with Crippen LogP contribution in [0.25, 0.3) is 0 Å². The van der Waals surface area contributed by atoms with E-state index in [1.54, 1.807) is 0 Å². The third-order valence-electron chi connectivity index (χ3n) is 2.16. The maximum atomic E-state index is 10.4. The third-order valence-corrected chi connectivity index (χ3v) is 2.16. The van der Waals surface area contributed by atoms with Crippen LogP contribution in [0.2, 0.25) is 0 Å². The summed E-state index contributed by atoms with van der Waals surface area (Å²) in [6.07, 6.45) is -1.27. The van der Waals surface area contributed by atoms with Crippen molar-refractivity contribution in [3.05, 3.63) is 0 Å². The number of rotatable bonds is 5. The Morgan fingerprint density at radius 2 is 2.00 bits per heavy atom. The lowest BCUT2D eigenvalue weighted by Crippen LogP contribution is -2.49. The number of hydrogen-bond donors (Lipinski definition) is 3. The van der Waals surface area contributed by atoms with Crippen LogP contribution in [-0.4, -0.2) is 59.0 Å². The molecule has 6 nitrogen and oxygen atoms in total. The van der Waals surface area contributed by atoms with Crippen molar-refractivity contribution in [2.24, 2.45) is 5.84 Å². The van der Waals surface area contributed by atoms with E-state index in [0.29, 0.717) is 5.01 Å². The van der Waals surface area contributed by atoms with E-state index in [2.05, 4.69) is 0 Å². The summed E-state index contributed by atoms with van der Waals surface area (Å²) in [6, 6.07) is -0.0830. The van der Waals surface area contributed by atoms with Gasteiger partial charge >= 0.3 is 6.09 Å². The van der Waals surface area contributed by atoms with Crippen molar-refractivity contribution in [3.63, 3.8) is 0 Å². The summed E-state index contributed by atoms with van der Waals surface area (Å²) < 4.78 is 0. The number of amides is 1. The van der Waals surface area contributed by atoms with Gasteiger partial charge in [0.05, 0.1) is 12.6 Å². The minimum absolute atomic E-state index is 0.0774. The van der Waals surface area contributed by atoms with Crippen molar-refractivity contribution in [2.75, 3.05) is 20.6 Å². The first-order valence-corrected chi connectivity index (χ1v) is 4.49. The van der Waals surface area contributed by atoms with Gasteiger partial charge in [-0.05, 0) is 20.5 Å². The molecule has 1 amide bonds. The van der Waals surface area contributed by atoms with E-state index in [1.165, 1.54) is 0 Å². The topological polar surface area (TPSA) is 90.0 Å². The van der Waals surface area contributed by atoms with Crippen LogP contribution in [0.1, 0.15) is 13.3 Å². The van der Waals surface area contributed by atoms with Gasteiger partial charge in [0.1, 0.15) is 0 Å². The first-order chi connectivity index (χ1) is 6.40. The molecular weight excluding hydrogens is 186 g/mol. The minimum Gasteiger partial charge on any atom is -0.464 e. The summed E-state index contributed by atoms with van der Waals surface area (Å²) in [5.74, 6) is 5.17. The molecular formula is C8H19N3O3. The Morgan fingerprint density at radius 1 is 1.50 bits per heavy atom. The SMILES string of the molecule is CCC(C(O)CN(N)C(=O)O)N(C)C. The van der Waals surface area contributed by atoms with Crippen molar-refractivity contribution in [2.45, 2.75) is 25.5 Å². The van der Waals surface area contributed by atoms with Crippen LogP contribution in [0, 0.1) is 0 Å².